The minimum atomic E-state index is -0.669. The molecule has 1 aliphatic heterocycles. The van der Waals surface area contributed by atoms with Gasteiger partial charge in [0.15, 0.2) is 18.3 Å². The van der Waals surface area contributed by atoms with E-state index in [9.17, 15) is 9.90 Å². The topological polar surface area (TPSA) is 94.2 Å². The predicted octanol–water partition coefficient (Wildman–Crippen LogP) is 2.77. The number of aliphatic imine (C=N–C) groups is 1. The van der Waals surface area contributed by atoms with E-state index in [1.807, 2.05) is 44.2 Å². The SMILES string of the molecule is COC(=O)C1N=C(c2nc(COc3ccccc3)oc2O)SC1(C)C. The number of esters is 1. The number of benzene rings is 1. The largest absolute Gasteiger partial charge is 0.484 e. The lowest BCUT2D eigenvalue weighted by atomic mass is 10.0. The minimum Gasteiger partial charge on any atom is -0.484 e. The summed E-state index contributed by atoms with van der Waals surface area (Å²) >= 11 is 1.34. The van der Waals surface area contributed by atoms with Crippen molar-refractivity contribution >= 4 is 22.8 Å². The van der Waals surface area contributed by atoms with Gasteiger partial charge in [0.05, 0.1) is 7.11 Å². The zero-order chi connectivity index (χ0) is 18.0. The highest BCUT2D eigenvalue weighted by Crippen LogP contribution is 2.41. The monoisotopic (exact) mass is 362 g/mol. The van der Waals surface area contributed by atoms with Gasteiger partial charge in [0.25, 0.3) is 0 Å². The molecule has 0 saturated heterocycles. The summed E-state index contributed by atoms with van der Waals surface area (Å²) in [5.41, 5.74) is 0.205. The molecule has 1 N–H and O–H groups in total. The normalized spacial score (nSPS) is 18.7. The van der Waals surface area contributed by atoms with Gasteiger partial charge in [0, 0.05) is 4.75 Å². The quantitative estimate of drug-likeness (QED) is 0.817. The summed E-state index contributed by atoms with van der Waals surface area (Å²) in [6.07, 6.45) is 0. The highest BCUT2D eigenvalue weighted by atomic mass is 32.2. The molecule has 132 valence electrons. The van der Waals surface area contributed by atoms with Gasteiger partial charge in [-0.25, -0.2) is 9.78 Å². The van der Waals surface area contributed by atoms with Gasteiger partial charge in [-0.1, -0.05) is 30.0 Å². The van der Waals surface area contributed by atoms with E-state index in [4.69, 9.17) is 13.9 Å². The summed E-state index contributed by atoms with van der Waals surface area (Å²) < 4.78 is 15.1. The van der Waals surface area contributed by atoms with Gasteiger partial charge < -0.3 is 19.0 Å². The van der Waals surface area contributed by atoms with E-state index in [0.29, 0.717) is 10.8 Å². The van der Waals surface area contributed by atoms with Gasteiger partial charge in [-0.2, -0.15) is 0 Å². The summed E-state index contributed by atoms with van der Waals surface area (Å²) in [4.78, 5) is 20.5. The number of carbonyl (C=O) groups excluding carboxylic acids is 1. The number of nitrogens with zero attached hydrogens (tertiary/aromatic N) is 2. The van der Waals surface area contributed by atoms with Crippen molar-refractivity contribution < 1.29 is 23.8 Å². The van der Waals surface area contributed by atoms with Crippen LogP contribution in [-0.4, -0.2) is 39.0 Å². The minimum absolute atomic E-state index is 0.0688. The number of methoxy groups -OCH3 is 1. The highest BCUT2D eigenvalue weighted by molar-refractivity contribution is 8.15. The van der Waals surface area contributed by atoms with E-state index in [1.54, 1.807) is 0 Å². The summed E-state index contributed by atoms with van der Waals surface area (Å²) in [7, 11) is 1.32. The first-order chi connectivity index (χ1) is 11.9. The van der Waals surface area contributed by atoms with Crippen molar-refractivity contribution in [1.82, 2.24) is 4.98 Å². The number of thioether (sulfide) groups is 1. The van der Waals surface area contributed by atoms with Gasteiger partial charge in [-0.15, -0.1) is 0 Å². The van der Waals surface area contributed by atoms with Gasteiger partial charge in [0.2, 0.25) is 5.89 Å². The molecule has 3 rings (SSSR count). The first-order valence-corrected chi connectivity index (χ1v) is 8.44. The summed E-state index contributed by atoms with van der Waals surface area (Å²) in [5, 5.41) is 10.5. The molecular formula is C17H18N2O5S. The Bertz CT molecular complexity index is 801. The molecule has 7 nitrogen and oxygen atoms in total. The number of ether oxygens (including phenoxy) is 2. The average Bonchev–Trinajstić information content (AvgIpc) is 3.12. The Morgan fingerprint density at radius 2 is 2.08 bits per heavy atom. The van der Waals surface area contributed by atoms with Crippen LogP contribution in [0.25, 0.3) is 0 Å². The van der Waals surface area contributed by atoms with Crippen molar-refractivity contribution in [3.05, 3.63) is 41.9 Å². The molecule has 1 aliphatic rings. The number of para-hydroxylation sites is 1. The van der Waals surface area contributed by atoms with Crippen LogP contribution in [0.15, 0.2) is 39.7 Å². The molecule has 0 fully saturated rings. The number of oxazole rings is 1. The molecule has 2 heterocycles. The number of rotatable bonds is 5. The second kappa shape index (κ2) is 6.79. The Morgan fingerprint density at radius 3 is 2.76 bits per heavy atom. The average molecular weight is 362 g/mol. The maximum atomic E-state index is 11.9. The summed E-state index contributed by atoms with van der Waals surface area (Å²) in [5.74, 6) is 0.113. The van der Waals surface area contributed by atoms with Gasteiger partial charge in [0.1, 0.15) is 10.8 Å². The molecular weight excluding hydrogens is 344 g/mol. The van der Waals surface area contributed by atoms with Crippen LogP contribution < -0.4 is 4.74 Å². The van der Waals surface area contributed by atoms with Crippen molar-refractivity contribution in [2.45, 2.75) is 31.2 Å². The zero-order valence-electron chi connectivity index (χ0n) is 14.1. The van der Waals surface area contributed by atoms with Crippen molar-refractivity contribution in [2.75, 3.05) is 7.11 Å². The Morgan fingerprint density at radius 1 is 1.36 bits per heavy atom. The predicted molar refractivity (Wildman–Crippen MR) is 93.0 cm³/mol. The van der Waals surface area contributed by atoms with Crippen LogP contribution in [0.2, 0.25) is 0 Å². The van der Waals surface area contributed by atoms with E-state index in [-0.39, 0.29) is 24.1 Å². The second-order valence-corrected chi connectivity index (χ2v) is 7.57. The maximum absolute atomic E-state index is 11.9. The Hall–Kier alpha value is -2.48. The van der Waals surface area contributed by atoms with Crippen molar-refractivity contribution in [1.29, 1.82) is 0 Å². The Kier molecular flexibility index (Phi) is 4.71. The van der Waals surface area contributed by atoms with E-state index in [2.05, 4.69) is 9.98 Å². The molecule has 25 heavy (non-hydrogen) atoms. The number of aromatic hydroxyl groups is 1. The molecule has 0 bridgehead atoms. The second-order valence-electron chi connectivity index (χ2n) is 5.93. The van der Waals surface area contributed by atoms with E-state index >= 15 is 0 Å². The fraction of sp³-hybridized carbons (Fsp3) is 0.353. The lowest BCUT2D eigenvalue weighted by Crippen LogP contribution is -2.35. The molecule has 1 aromatic carbocycles. The Labute approximate surface area is 149 Å². The van der Waals surface area contributed by atoms with Crippen LogP contribution >= 0.6 is 11.8 Å². The lowest BCUT2D eigenvalue weighted by Gasteiger charge is -2.21. The maximum Gasteiger partial charge on any atom is 0.332 e. The third-order valence-corrected chi connectivity index (χ3v) is 4.89. The van der Waals surface area contributed by atoms with Crippen LogP contribution in [0.3, 0.4) is 0 Å². The van der Waals surface area contributed by atoms with Crippen LogP contribution in [0, 0.1) is 0 Å². The molecule has 1 aromatic heterocycles. The number of hydrogen-bond donors (Lipinski definition) is 1. The molecule has 0 amide bonds. The standard InChI is InChI=1S/C17H18N2O5S/c1-17(2)13(16(21)22-3)19-14(25-17)12-15(20)24-11(18-12)9-23-10-7-5-4-6-8-10/h4-8,13,20H,9H2,1-3H3. The van der Waals surface area contributed by atoms with Crippen molar-refractivity contribution in [3.63, 3.8) is 0 Å². The molecule has 0 aliphatic carbocycles. The van der Waals surface area contributed by atoms with Crippen LogP contribution in [0.4, 0.5) is 0 Å². The summed E-state index contributed by atoms with van der Waals surface area (Å²) in [6, 6.07) is 8.54. The van der Waals surface area contributed by atoms with E-state index < -0.39 is 16.8 Å². The van der Waals surface area contributed by atoms with Crippen molar-refractivity contribution in [2.24, 2.45) is 4.99 Å². The lowest BCUT2D eigenvalue weighted by molar-refractivity contribution is -0.142. The van der Waals surface area contributed by atoms with Crippen LogP contribution in [0.1, 0.15) is 25.4 Å². The third-order valence-electron chi connectivity index (χ3n) is 3.65. The highest BCUT2D eigenvalue weighted by Gasteiger charge is 2.44. The molecule has 1 atom stereocenters. The molecule has 0 spiro atoms. The summed E-state index contributed by atoms with van der Waals surface area (Å²) in [6.45, 7) is 3.83. The molecule has 2 aromatic rings. The van der Waals surface area contributed by atoms with Gasteiger partial charge >= 0.3 is 11.9 Å². The first kappa shape index (κ1) is 17.3. The molecule has 1 unspecified atom stereocenters. The smallest absolute Gasteiger partial charge is 0.332 e. The van der Waals surface area contributed by atoms with Crippen LogP contribution in [0.5, 0.6) is 11.7 Å². The van der Waals surface area contributed by atoms with Gasteiger partial charge in [-0.05, 0) is 26.0 Å². The zero-order valence-corrected chi connectivity index (χ0v) is 14.9. The number of hydrogen-bond acceptors (Lipinski definition) is 8. The van der Waals surface area contributed by atoms with Crippen molar-refractivity contribution in [3.8, 4) is 11.7 Å². The Balaban J connectivity index is 1.77. The number of carbonyl (C=O) groups is 1. The fourth-order valence-electron chi connectivity index (χ4n) is 2.38. The van der Waals surface area contributed by atoms with Crippen LogP contribution in [-0.2, 0) is 16.1 Å². The van der Waals surface area contributed by atoms with Gasteiger partial charge in [-0.3, -0.25) is 4.99 Å². The fourth-order valence-corrected chi connectivity index (χ4v) is 3.53. The third kappa shape index (κ3) is 3.63. The molecule has 8 heteroatoms. The first-order valence-electron chi connectivity index (χ1n) is 7.62. The molecule has 0 saturated carbocycles. The molecule has 0 radical (unpaired) electrons. The van der Waals surface area contributed by atoms with E-state index in [0.717, 1.165) is 0 Å². The van der Waals surface area contributed by atoms with E-state index in [1.165, 1.54) is 18.9 Å². The number of aromatic nitrogens is 1.